The second-order valence-electron chi connectivity index (χ2n) is 13.0. The third-order valence-corrected chi connectivity index (χ3v) is 10.7. The Kier molecular flexibility index (Phi) is 10.8. The summed E-state index contributed by atoms with van der Waals surface area (Å²) in [7, 11) is -2.21. The summed E-state index contributed by atoms with van der Waals surface area (Å²) in [6.07, 6.45) is 5.75. The Hall–Kier alpha value is -3.33. The lowest BCUT2D eigenvalue weighted by atomic mass is 9.87. The van der Waals surface area contributed by atoms with Crippen LogP contribution in [0.15, 0.2) is 41.3 Å². The number of hydroxylamine groups is 2. The average Bonchev–Trinajstić information content (AvgIpc) is 3.67. The van der Waals surface area contributed by atoms with Crippen LogP contribution in [-0.2, 0) is 24.4 Å². The van der Waals surface area contributed by atoms with Gasteiger partial charge in [0.15, 0.2) is 5.13 Å². The number of nitrogens with one attached hydrogen (secondary N) is 2. The highest BCUT2D eigenvalue weighted by molar-refractivity contribution is 7.89. The standard InChI is InChI=1S/C32H43N5O7S2/c1-32(2,3)43-31(39)44-37-17-15-22(16-18-37)20-33-46(40,41)24-11-9-23(10-12-24)25(19-21-7-5-6-8-21)28(38)36-30-34-26-13-14-27(42-4)35-29(26)45-30/h9-14,21-22,25,33H,5-8,15-20H2,1-4H3,(H,34,36,38). The molecule has 2 fully saturated rings. The summed E-state index contributed by atoms with van der Waals surface area (Å²) in [5, 5.41) is 5.00. The van der Waals surface area contributed by atoms with Gasteiger partial charge in [-0.3, -0.25) is 4.79 Å². The lowest BCUT2D eigenvalue weighted by Crippen LogP contribution is -2.40. The number of pyridine rings is 1. The molecule has 3 heterocycles. The quantitative estimate of drug-likeness (QED) is 0.237. The van der Waals surface area contributed by atoms with Crippen molar-refractivity contribution in [3.05, 3.63) is 42.0 Å². The first-order valence-electron chi connectivity index (χ1n) is 15.8. The normalized spacial score (nSPS) is 17.6. The maximum absolute atomic E-state index is 13.6. The monoisotopic (exact) mass is 673 g/mol. The molecule has 0 radical (unpaired) electrons. The molecular formula is C32H43N5O7S2. The number of aromatic nitrogens is 2. The molecule has 250 valence electrons. The number of amides is 1. The van der Waals surface area contributed by atoms with Gasteiger partial charge in [0.2, 0.25) is 21.8 Å². The highest BCUT2D eigenvalue weighted by atomic mass is 32.2. The minimum absolute atomic E-state index is 0.103. The summed E-state index contributed by atoms with van der Waals surface area (Å²) in [5.41, 5.74) is 0.802. The molecular weight excluding hydrogens is 631 g/mol. The Morgan fingerprint density at radius 3 is 2.35 bits per heavy atom. The number of thiazole rings is 1. The molecule has 14 heteroatoms. The van der Waals surface area contributed by atoms with Crippen LogP contribution in [0.5, 0.6) is 5.88 Å². The van der Waals surface area contributed by atoms with E-state index in [1.165, 1.54) is 11.3 Å². The number of piperidine rings is 1. The molecule has 3 aromatic rings. The summed E-state index contributed by atoms with van der Waals surface area (Å²) in [4.78, 5) is 40.6. The number of sulfonamides is 1. The SMILES string of the molecule is COc1ccc2nc(NC(=O)C(CC3CCCC3)c3ccc(S(=O)(=O)NCC4CCN(OC(=O)OC(C)(C)C)CC4)cc3)sc2n1. The molecule has 1 saturated heterocycles. The van der Waals surface area contributed by atoms with Crippen molar-refractivity contribution < 1.29 is 32.3 Å². The van der Waals surface area contributed by atoms with Crippen LogP contribution in [0.4, 0.5) is 9.93 Å². The molecule has 2 aliphatic rings. The van der Waals surface area contributed by atoms with Crippen LogP contribution < -0.4 is 14.8 Å². The number of anilines is 1. The predicted molar refractivity (Wildman–Crippen MR) is 175 cm³/mol. The number of benzene rings is 1. The van der Waals surface area contributed by atoms with Crippen LogP contribution in [-0.4, -0.2) is 67.9 Å². The molecule has 2 aromatic heterocycles. The summed E-state index contributed by atoms with van der Waals surface area (Å²) in [6.45, 7) is 6.58. The van der Waals surface area contributed by atoms with E-state index < -0.39 is 27.7 Å². The predicted octanol–water partition coefficient (Wildman–Crippen LogP) is 5.86. The Morgan fingerprint density at radius 2 is 1.70 bits per heavy atom. The Balaban J connectivity index is 1.19. The van der Waals surface area contributed by atoms with E-state index in [4.69, 9.17) is 14.3 Å². The van der Waals surface area contributed by atoms with Crippen LogP contribution in [0.2, 0.25) is 0 Å². The van der Waals surface area contributed by atoms with Crippen molar-refractivity contribution in [1.29, 1.82) is 0 Å². The Bertz CT molecular complexity index is 1610. The van der Waals surface area contributed by atoms with Gasteiger partial charge in [-0.05, 0) is 75.6 Å². The van der Waals surface area contributed by atoms with Crippen LogP contribution in [0.1, 0.15) is 77.2 Å². The van der Waals surface area contributed by atoms with E-state index in [9.17, 15) is 18.0 Å². The van der Waals surface area contributed by atoms with E-state index >= 15 is 0 Å². The topological polar surface area (TPSA) is 149 Å². The number of methoxy groups -OCH3 is 1. The molecule has 12 nitrogen and oxygen atoms in total. The average molecular weight is 674 g/mol. The van der Waals surface area contributed by atoms with Crippen molar-refractivity contribution in [2.75, 3.05) is 32.1 Å². The zero-order valence-corrected chi connectivity index (χ0v) is 28.4. The fourth-order valence-electron chi connectivity index (χ4n) is 5.90. The summed E-state index contributed by atoms with van der Waals surface area (Å²) in [5.74, 6) is 0.394. The van der Waals surface area contributed by atoms with E-state index in [2.05, 4.69) is 20.0 Å². The molecule has 2 N–H and O–H groups in total. The number of ether oxygens (including phenoxy) is 2. The van der Waals surface area contributed by atoms with Gasteiger partial charge in [-0.1, -0.05) is 49.2 Å². The molecule has 1 amide bonds. The zero-order valence-electron chi connectivity index (χ0n) is 26.8. The number of carbonyl (C=O) groups excluding carboxylic acids is 2. The van der Waals surface area contributed by atoms with Gasteiger partial charge in [0.05, 0.1) is 17.9 Å². The van der Waals surface area contributed by atoms with E-state index in [0.29, 0.717) is 59.6 Å². The maximum Gasteiger partial charge on any atom is 0.528 e. The van der Waals surface area contributed by atoms with Crippen LogP contribution >= 0.6 is 11.3 Å². The molecule has 1 aliphatic heterocycles. The van der Waals surface area contributed by atoms with E-state index in [0.717, 1.165) is 31.2 Å². The lowest BCUT2D eigenvalue weighted by Gasteiger charge is -2.31. The molecule has 0 bridgehead atoms. The fraction of sp³-hybridized carbons (Fsp3) is 0.562. The number of hydrogen-bond donors (Lipinski definition) is 2. The highest BCUT2D eigenvalue weighted by Gasteiger charge is 2.29. The molecule has 1 aromatic carbocycles. The van der Waals surface area contributed by atoms with Gasteiger partial charge in [0, 0.05) is 25.7 Å². The first-order chi connectivity index (χ1) is 21.9. The van der Waals surface area contributed by atoms with Crippen LogP contribution in [0.25, 0.3) is 10.3 Å². The highest BCUT2D eigenvalue weighted by Crippen LogP contribution is 2.36. The van der Waals surface area contributed by atoms with Crippen molar-refractivity contribution >= 4 is 48.9 Å². The van der Waals surface area contributed by atoms with Crippen molar-refractivity contribution in [1.82, 2.24) is 19.8 Å². The second kappa shape index (κ2) is 14.6. The zero-order chi connectivity index (χ0) is 32.9. The first-order valence-corrected chi connectivity index (χ1v) is 18.1. The van der Waals surface area contributed by atoms with E-state index in [-0.39, 0.29) is 23.3 Å². The number of rotatable bonds is 11. The third kappa shape index (κ3) is 9.14. The summed E-state index contributed by atoms with van der Waals surface area (Å²) < 4.78 is 39.5. The molecule has 0 spiro atoms. The van der Waals surface area contributed by atoms with Crippen molar-refractivity contribution in [2.45, 2.75) is 82.1 Å². The van der Waals surface area contributed by atoms with Gasteiger partial charge < -0.3 is 19.6 Å². The number of carbonyl (C=O) groups is 2. The third-order valence-electron chi connectivity index (χ3n) is 8.35. The molecule has 1 saturated carbocycles. The minimum Gasteiger partial charge on any atom is -0.481 e. The van der Waals surface area contributed by atoms with E-state index in [1.807, 2.05) is 0 Å². The van der Waals surface area contributed by atoms with Gasteiger partial charge in [-0.15, -0.1) is 5.06 Å². The van der Waals surface area contributed by atoms with Crippen molar-refractivity contribution in [3.63, 3.8) is 0 Å². The van der Waals surface area contributed by atoms with Gasteiger partial charge in [0.25, 0.3) is 0 Å². The van der Waals surface area contributed by atoms with Crippen molar-refractivity contribution in [3.8, 4) is 5.88 Å². The molecule has 1 atom stereocenters. The Morgan fingerprint density at radius 1 is 1.00 bits per heavy atom. The summed E-state index contributed by atoms with van der Waals surface area (Å²) in [6, 6.07) is 10.2. The largest absolute Gasteiger partial charge is 0.528 e. The molecule has 1 aliphatic carbocycles. The van der Waals surface area contributed by atoms with Gasteiger partial charge >= 0.3 is 6.16 Å². The number of fused-ring (bicyclic) bond motifs is 1. The van der Waals surface area contributed by atoms with Crippen LogP contribution in [0, 0.1) is 11.8 Å². The van der Waals surface area contributed by atoms with Gasteiger partial charge in [0.1, 0.15) is 15.9 Å². The lowest BCUT2D eigenvalue weighted by molar-refractivity contribution is -0.155. The smallest absolute Gasteiger partial charge is 0.481 e. The molecule has 1 unspecified atom stereocenters. The second-order valence-corrected chi connectivity index (χ2v) is 15.7. The fourth-order valence-corrected chi connectivity index (χ4v) is 7.85. The first kappa shape index (κ1) is 34.0. The van der Waals surface area contributed by atoms with Crippen LogP contribution in [0.3, 0.4) is 0 Å². The summed E-state index contributed by atoms with van der Waals surface area (Å²) >= 11 is 1.29. The van der Waals surface area contributed by atoms with E-state index in [1.54, 1.807) is 69.3 Å². The number of hydrogen-bond acceptors (Lipinski definition) is 11. The molecule has 5 rings (SSSR count). The van der Waals surface area contributed by atoms with Gasteiger partial charge in [-0.2, -0.15) is 0 Å². The molecule has 46 heavy (non-hydrogen) atoms. The number of nitrogens with zero attached hydrogens (tertiary/aromatic N) is 3. The maximum atomic E-state index is 13.6. The minimum atomic E-state index is -3.76. The van der Waals surface area contributed by atoms with Crippen molar-refractivity contribution in [2.24, 2.45) is 11.8 Å². The Labute approximate surface area is 274 Å². The van der Waals surface area contributed by atoms with Gasteiger partial charge in [-0.25, -0.2) is 27.9 Å².